The molecule has 3 aromatic carbocycles. The zero-order valence-corrected chi connectivity index (χ0v) is 16.5. The van der Waals surface area contributed by atoms with Crippen LogP contribution in [0.15, 0.2) is 84.3 Å². The van der Waals surface area contributed by atoms with E-state index in [1.807, 2.05) is 42.5 Å². The fraction of sp³-hybridized carbons (Fsp3) is 0.0870. The molecule has 6 heteroatoms. The number of benzene rings is 3. The van der Waals surface area contributed by atoms with E-state index in [0.29, 0.717) is 18.5 Å². The molecule has 0 amide bonds. The maximum Gasteiger partial charge on any atom is 0.335 e. The molecule has 0 radical (unpaired) electrons. The molecule has 3 aromatic rings. The summed E-state index contributed by atoms with van der Waals surface area (Å²) in [6.07, 6.45) is 2.87. The highest BCUT2D eigenvalue weighted by Crippen LogP contribution is 2.16. The summed E-state index contributed by atoms with van der Waals surface area (Å²) in [5.74, 6) is -0.952. The Hall–Kier alpha value is -3.38. The fourth-order valence-electron chi connectivity index (χ4n) is 2.87. The van der Waals surface area contributed by atoms with Crippen molar-refractivity contribution in [3.05, 3.63) is 107 Å². The van der Waals surface area contributed by atoms with Crippen LogP contribution in [-0.2, 0) is 22.9 Å². The van der Waals surface area contributed by atoms with Crippen molar-refractivity contribution in [2.75, 3.05) is 4.72 Å². The van der Waals surface area contributed by atoms with E-state index < -0.39 is 16.0 Å². The maximum absolute atomic E-state index is 12.3. The molecule has 0 atom stereocenters. The Labute approximate surface area is 170 Å². The summed E-state index contributed by atoms with van der Waals surface area (Å²) in [6, 6.07) is 23.2. The molecule has 0 unspecified atom stereocenters. The lowest BCUT2D eigenvalue weighted by Crippen LogP contribution is -2.09. The van der Waals surface area contributed by atoms with Crippen LogP contribution in [0, 0.1) is 0 Å². The van der Waals surface area contributed by atoms with Gasteiger partial charge in [-0.25, -0.2) is 13.2 Å². The number of carboxylic acid groups (broad SMARTS) is 1. The third kappa shape index (κ3) is 6.33. The molecule has 0 aliphatic carbocycles. The normalized spacial score (nSPS) is 11.4. The number of aromatic carboxylic acids is 1. The largest absolute Gasteiger partial charge is 0.478 e. The Bertz CT molecular complexity index is 1120. The van der Waals surface area contributed by atoms with Crippen molar-refractivity contribution in [2.45, 2.75) is 12.8 Å². The van der Waals surface area contributed by atoms with Gasteiger partial charge in [-0.2, -0.15) is 0 Å². The predicted octanol–water partition coefficient (Wildman–Crippen LogP) is 4.58. The van der Waals surface area contributed by atoms with E-state index in [9.17, 15) is 13.2 Å². The number of sulfonamides is 1. The lowest BCUT2D eigenvalue weighted by molar-refractivity contribution is 0.0696. The Balaban J connectivity index is 1.65. The van der Waals surface area contributed by atoms with Gasteiger partial charge in [-0.1, -0.05) is 54.6 Å². The second-order valence-corrected chi connectivity index (χ2v) is 8.13. The van der Waals surface area contributed by atoms with E-state index in [-0.39, 0.29) is 5.56 Å². The SMILES string of the molecule is O=C(O)c1cccc(CCc2cccc(NS(=O)(=O)C=Cc3ccccc3)c2)c1. The van der Waals surface area contributed by atoms with E-state index in [1.165, 1.54) is 0 Å². The molecular weight excluding hydrogens is 386 g/mol. The Kier molecular flexibility index (Phi) is 6.46. The number of hydrogen-bond acceptors (Lipinski definition) is 3. The van der Waals surface area contributed by atoms with Gasteiger partial charge in [-0.3, -0.25) is 4.72 Å². The number of anilines is 1. The van der Waals surface area contributed by atoms with Crippen molar-refractivity contribution >= 4 is 27.8 Å². The lowest BCUT2D eigenvalue weighted by atomic mass is 10.0. The van der Waals surface area contributed by atoms with E-state index in [1.54, 1.807) is 42.5 Å². The number of carbonyl (C=O) groups is 1. The topological polar surface area (TPSA) is 83.5 Å². The average molecular weight is 407 g/mol. The Morgan fingerprint density at radius 3 is 2.21 bits per heavy atom. The zero-order chi connectivity index (χ0) is 20.7. The first kappa shape index (κ1) is 20.4. The van der Waals surface area contributed by atoms with Gasteiger partial charge in [0.2, 0.25) is 0 Å². The minimum Gasteiger partial charge on any atom is -0.478 e. The van der Waals surface area contributed by atoms with Crippen LogP contribution in [0.3, 0.4) is 0 Å². The molecule has 0 aliphatic heterocycles. The molecule has 0 bridgehead atoms. The third-order valence-corrected chi connectivity index (χ3v) is 5.32. The van der Waals surface area contributed by atoms with Gasteiger partial charge in [-0.15, -0.1) is 0 Å². The van der Waals surface area contributed by atoms with Gasteiger partial charge in [0.15, 0.2) is 0 Å². The molecule has 0 saturated carbocycles. The standard InChI is InChI=1S/C23H21NO4S/c25-23(26)21-10-4-8-19(16-21)12-13-20-9-5-11-22(17-20)24-29(27,28)15-14-18-6-2-1-3-7-18/h1-11,14-17,24H,12-13H2,(H,25,26). The van der Waals surface area contributed by atoms with Gasteiger partial charge in [0.05, 0.1) is 11.0 Å². The fourth-order valence-corrected chi connectivity index (χ4v) is 3.73. The molecule has 0 fully saturated rings. The van der Waals surface area contributed by atoms with Crippen LogP contribution in [0.2, 0.25) is 0 Å². The molecule has 2 N–H and O–H groups in total. The highest BCUT2D eigenvalue weighted by molar-refractivity contribution is 7.95. The number of carboxylic acids is 1. The lowest BCUT2D eigenvalue weighted by Gasteiger charge is -2.08. The zero-order valence-electron chi connectivity index (χ0n) is 15.7. The summed E-state index contributed by atoms with van der Waals surface area (Å²) in [5.41, 5.74) is 3.42. The van der Waals surface area contributed by atoms with Gasteiger partial charge in [0, 0.05) is 5.69 Å². The predicted molar refractivity (Wildman–Crippen MR) is 115 cm³/mol. The van der Waals surface area contributed by atoms with Crippen LogP contribution in [0.1, 0.15) is 27.0 Å². The molecule has 5 nitrogen and oxygen atoms in total. The second kappa shape index (κ2) is 9.21. The van der Waals surface area contributed by atoms with Gasteiger partial charge >= 0.3 is 5.97 Å². The Morgan fingerprint density at radius 2 is 1.52 bits per heavy atom. The van der Waals surface area contributed by atoms with Crippen LogP contribution in [0.4, 0.5) is 5.69 Å². The van der Waals surface area contributed by atoms with Gasteiger partial charge in [0.25, 0.3) is 10.0 Å². The first-order valence-corrected chi connectivity index (χ1v) is 10.6. The molecule has 3 rings (SSSR count). The molecule has 0 spiro atoms. The van der Waals surface area contributed by atoms with Crippen molar-refractivity contribution in [2.24, 2.45) is 0 Å². The molecule has 0 aromatic heterocycles. The summed E-state index contributed by atoms with van der Waals surface area (Å²) in [4.78, 5) is 11.1. The molecule has 0 aliphatic rings. The number of hydrogen-bond donors (Lipinski definition) is 2. The first-order chi connectivity index (χ1) is 13.9. The number of aryl methyl sites for hydroxylation is 2. The summed E-state index contributed by atoms with van der Waals surface area (Å²) in [6.45, 7) is 0. The number of nitrogens with one attached hydrogen (secondary N) is 1. The van der Waals surface area contributed by atoms with Gasteiger partial charge in [0.1, 0.15) is 0 Å². The molecule has 0 heterocycles. The molecule has 0 saturated heterocycles. The summed E-state index contributed by atoms with van der Waals surface area (Å²) < 4.78 is 27.2. The Morgan fingerprint density at radius 1 is 0.862 bits per heavy atom. The monoisotopic (exact) mass is 407 g/mol. The van der Waals surface area contributed by atoms with Crippen molar-refractivity contribution in [1.82, 2.24) is 0 Å². The van der Waals surface area contributed by atoms with Crippen LogP contribution >= 0.6 is 0 Å². The van der Waals surface area contributed by atoms with E-state index in [0.717, 1.165) is 22.1 Å². The van der Waals surface area contributed by atoms with Crippen molar-refractivity contribution in [1.29, 1.82) is 0 Å². The molecular formula is C23H21NO4S. The van der Waals surface area contributed by atoms with E-state index >= 15 is 0 Å². The summed E-state index contributed by atoms with van der Waals surface area (Å²) >= 11 is 0. The molecule has 29 heavy (non-hydrogen) atoms. The van der Waals surface area contributed by atoms with E-state index in [4.69, 9.17) is 5.11 Å². The smallest absolute Gasteiger partial charge is 0.335 e. The van der Waals surface area contributed by atoms with Crippen LogP contribution in [0.25, 0.3) is 6.08 Å². The first-order valence-electron chi connectivity index (χ1n) is 9.08. The third-order valence-electron chi connectivity index (χ3n) is 4.30. The summed E-state index contributed by atoms with van der Waals surface area (Å²) in [5, 5.41) is 10.2. The van der Waals surface area contributed by atoms with Crippen molar-refractivity contribution in [3.8, 4) is 0 Å². The van der Waals surface area contributed by atoms with Gasteiger partial charge in [-0.05, 0) is 59.9 Å². The minimum atomic E-state index is -3.63. The average Bonchev–Trinajstić information content (AvgIpc) is 2.72. The van der Waals surface area contributed by atoms with Crippen molar-refractivity contribution in [3.63, 3.8) is 0 Å². The molecule has 148 valence electrons. The minimum absolute atomic E-state index is 0.259. The quantitative estimate of drug-likeness (QED) is 0.572. The van der Waals surface area contributed by atoms with Crippen LogP contribution < -0.4 is 4.72 Å². The van der Waals surface area contributed by atoms with Gasteiger partial charge < -0.3 is 5.11 Å². The van der Waals surface area contributed by atoms with E-state index in [2.05, 4.69) is 4.72 Å². The highest BCUT2D eigenvalue weighted by atomic mass is 32.2. The van der Waals surface area contributed by atoms with Crippen LogP contribution in [-0.4, -0.2) is 19.5 Å². The maximum atomic E-state index is 12.3. The van der Waals surface area contributed by atoms with Crippen LogP contribution in [0.5, 0.6) is 0 Å². The van der Waals surface area contributed by atoms with Crippen molar-refractivity contribution < 1.29 is 18.3 Å². The second-order valence-electron chi connectivity index (χ2n) is 6.57. The summed E-state index contributed by atoms with van der Waals surface area (Å²) in [7, 11) is -3.63. The number of rotatable bonds is 8. The highest BCUT2D eigenvalue weighted by Gasteiger charge is 2.07.